The number of aromatic nitrogens is 2. The van der Waals surface area contributed by atoms with Crippen LogP contribution in [0.25, 0.3) is 16.9 Å². The van der Waals surface area contributed by atoms with Gasteiger partial charge in [-0.2, -0.15) is 0 Å². The van der Waals surface area contributed by atoms with Crippen LogP contribution in [-0.2, 0) is 4.79 Å². The van der Waals surface area contributed by atoms with Crippen LogP contribution >= 0.6 is 23.2 Å². The summed E-state index contributed by atoms with van der Waals surface area (Å²) >= 11 is 12.0. The van der Waals surface area contributed by atoms with E-state index >= 15 is 0 Å². The average Bonchev–Trinajstić information content (AvgIpc) is 3.28. The van der Waals surface area contributed by atoms with Gasteiger partial charge in [-0.15, -0.1) is 0 Å². The Morgan fingerprint density at radius 3 is 2.37 bits per heavy atom. The molecule has 1 N–H and O–H groups in total. The lowest BCUT2D eigenvalue weighted by Gasteiger charge is -2.24. The summed E-state index contributed by atoms with van der Waals surface area (Å²) in [4.78, 5) is 32.1. The minimum atomic E-state index is -0.664. The van der Waals surface area contributed by atoms with Gasteiger partial charge in [0.05, 0.1) is 22.0 Å². The molecule has 0 spiro atoms. The summed E-state index contributed by atoms with van der Waals surface area (Å²) in [5, 5.41) is 3.19. The minimum absolute atomic E-state index is 0.0263. The van der Waals surface area contributed by atoms with Gasteiger partial charge in [-0.1, -0.05) is 61.3 Å². The second-order valence-corrected chi connectivity index (χ2v) is 9.88. The van der Waals surface area contributed by atoms with Crippen molar-refractivity contribution in [3.63, 3.8) is 0 Å². The normalized spacial score (nSPS) is 11.0. The number of hydrogen-bond donors (Lipinski definition) is 1. The van der Waals surface area contributed by atoms with E-state index < -0.39 is 23.4 Å². The van der Waals surface area contributed by atoms with Crippen molar-refractivity contribution in [1.82, 2.24) is 14.5 Å². The summed E-state index contributed by atoms with van der Waals surface area (Å²) < 4.78 is 29.7. The predicted molar refractivity (Wildman–Crippen MR) is 145 cm³/mol. The number of hydrogen-bond acceptors (Lipinski definition) is 3. The lowest BCUT2D eigenvalue weighted by molar-refractivity contribution is -0.117. The first-order chi connectivity index (χ1) is 18.1. The highest BCUT2D eigenvalue weighted by atomic mass is 35.5. The number of imidazole rings is 1. The SMILES string of the molecule is CC(C)CN(CC(=O)Nc1nc(-c2ccc(Cl)cc2)cn1-c1ccc(F)c(Cl)c1)C(=O)c1ccccc1F. The Kier molecular flexibility index (Phi) is 8.44. The lowest BCUT2D eigenvalue weighted by Crippen LogP contribution is -2.40. The zero-order valence-corrected chi connectivity index (χ0v) is 22.1. The van der Waals surface area contributed by atoms with Crippen LogP contribution in [-0.4, -0.2) is 39.4 Å². The van der Waals surface area contributed by atoms with Gasteiger partial charge in [0.25, 0.3) is 5.91 Å². The van der Waals surface area contributed by atoms with E-state index in [4.69, 9.17) is 23.2 Å². The van der Waals surface area contributed by atoms with Crippen LogP contribution < -0.4 is 5.32 Å². The maximum absolute atomic E-state index is 14.3. The first-order valence-corrected chi connectivity index (χ1v) is 12.5. The van der Waals surface area contributed by atoms with Crippen molar-refractivity contribution in [2.45, 2.75) is 13.8 Å². The van der Waals surface area contributed by atoms with Gasteiger partial charge in [-0.3, -0.25) is 19.5 Å². The number of amides is 2. The Balaban J connectivity index is 1.65. The fourth-order valence-corrected chi connectivity index (χ4v) is 4.16. The average molecular weight is 557 g/mol. The molecule has 10 heteroatoms. The third-order valence-electron chi connectivity index (χ3n) is 5.59. The number of carbonyl (C=O) groups excluding carboxylic acids is 2. The van der Waals surface area contributed by atoms with Gasteiger partial charge >= 0.3 is 0 Å². The Morgan fingerprint density at radius 1 is 1.00 bits per heavy atom. The van der Waals surface area contributed by atoms with Crippen LogP contribution in [0.5, 0.6) is 0 Å². The molecule has 0 atom stereocenters. The van der Waals surface area contributed by atoms with Crippen LogP contribution in [0.4, 0.5) is 14.7 Å². The molecule has 0 aliphatic rings. The fourth-order valence-electron chi connectivity index (χ4n) is 3.86. The first kappa shape index (κ1) is 27.3. The molecular weight excluding hydrogens is 533 g/mol. The maximum atomic E-state index is 14.3. The molecule has 4 aromatic rings. The summed E-state index contributed by atoms with van der Waals surface area (Å²) in [6.07, 6.45) is 1.67. The van der Waals surface area contributed by atoms with Crippen LogP contribution in [0.2, 0.25) is 10.0 Å². The zero-order chi connectivity index (χ0) is 27.4. The second kappa shape index (κ2) is 11.8. The molecule has 0 aliphatic carbocycles. The van der Waals surface area contributed by atoms with E-state index in [2.05, 4.69) is 10.3 Å². The highest BCUT2D eigenvalue weighted by molar-refractivity contribution is 6.31. The van der Waals surface area contributed by atoms with Crippen molar-refractivity contribution in [2.24, 2.45) is 5.92 Å². The van der Waals surface area contributed by atoms with E-state index in [9.17, 15) is 18.4 Å². The van der Waals surface area contributed by atoms with Gasteiger partial charge in [0, 0.05) is 23.3 Å². The quantitative estimate of drug-likeness (QED) is 0.257. The van der Waals surface area contributed by atoms with Crippen molar-refractivity contribution < 1.29 is 18.4 Å². The summed E-state index contributed by atoms with van der Waals surface area (Å²) in [5.74, 6) is -2.23. The molecule has 4 rings (SSSR count). The van der Waals surface area contributed by atoms with Crippen molar-refractivity contribution in [2.75, 3.05) is 18.4 Å². The number of halogens is 4. The topological polar surface area (TPSA) is 67.2 Å². The standard InChI is InChI=1S/C28H24Cl2F2N4O2/c1-17(2)14-35(27(38)21-5-3-4-6-23(21)31)16-26(37)34-28-33-25(18-7-9-19(29)10-8-18)15-36(28)20-11-12-24(32)22(30)13-20/h3-13,15,17H,14,16H2,1-2H3,(H,33,34,37). The maximum Gasteiger partial charge on any atom is 0.257 e. The van der Waals surface area contributed by atoms with E-state index in [1.165, 1.54) is 41.3 Å². The van der Waals surface area contributed by atoms with Crippen molar-refractivity contribution in [3.8, 4) is 16.9 Å². The van der Waals surface area contributed by atoms with Gasteiger partial charge in [0.1, 0.15) is 18.2 Å². The number of nitrogens with one attached hydrogen (secondary N) is 1. The monoisotopic (exact) mass is 556 g/mol. The van der Waals surface area contributed by atoms with Crippen molar-refractivity contribution >= 4 is 41.0 Å². The van der Waals surface area contributed by atoms with Gasteiger partial charge < -0.3 is 4.90 Å². The molecule has 0 saturated heterocycles. The van der Waals surface area contributed by atoms with E-state index in [0.717, 1.165) is 5.56 Å². The molecule has 1 aromatic heterocycles. The van der Waals surface area contributed by atoms with E-state index in [-0.39, 0.29) is 35.5 Å². The minimum Gasteiger partial charge on any atom is -0.329 e. The fraction of sp³-hybridized carbons (Fsp3) is 0.179. The molecule has 0 bridgehead atoms. The van der Waals surface area contributed by atoms with Gasteiger partial charge in [-0.25, -0.2) is 13.8 Å². The molecule has 2 amide bonds. The molecule has 196 valence electrons. The third kappa shape index (κ3) is 6.38. The predicted octanol–water partition coefficient (Wildman–Crippen LogP) is 6.86. The molecule has 38 heavy (non-hydrogen) atoms. The lowest BCUT2D eigenvalue weighted by atomic mass is 10.1. The summed E-state index contributed by atoms with van der Waals surface area (Å²) in [6, 6.07) is 16.7. The van der Waals surface area contributed by atoms with Crippen LogP contribution in [0.1, 0.15) is 24.2 Å². The van der Waals surface area contributed by atoms with Gasteiger partial charge in [0.15, 0.2) is 0 Å². The molecule has 3 aromatic carbocycles. The van der Waals surface area contributed by atoms with Crippen LogP contribution in [0, 0.1) is 17.6 Å². The molecule has 0 radical (unpaired) electrons. The Morgan fingerprint density at radius 2 is 1.71 bits per heavy atom. The van der Waals surface area contributed by atoms with E-state index in [1.807, 2.05) is 13.8 Å². The Labute approximate surface area is 228 Å². The molecule has 0 unspecified atom stereocenters. The molecule has 1 heterocycles. The molecule has 0 fully saturated rings. The summed E-state index contributed by atoms with van der Waals surface area (Å²) in [6.45, 7) is 3.68. The van der Waals surface area contributed by atoms with E-state index in [1.54, 1.807) is 41.1 Å². The second-order valence-electron chi connectivity index (χ2n) is 9.03. The first-order valence-electron chi connectivity index (χ1n) is 11.8. The van der Waals surface area contributed by atoms with Gasteiger partial charge in [0.2, 0.25) is 11.9 Å². The zero-order valence-electron chi connectivity index (χ0n) is 20.6. The molecular formula is C28H24Cl2F2N4O2. The summed E-state index contributed by atoms with van der Waals surface area (Å²) in [5.41, 5.74) is 1.58. The van der Waals surface area contributed by atoms with Gasteiger partial charge in [-0.05, 0) is 48.4 Å². The van der Waals surface area contributed by atoms with Crippen LogP contribution in [0.15, 0.2) is 72.9 Å². The number of anilines is 1. The Bertz CT molecular complexity index is 1470. The smallest absolute Gasteiger partial charge is 0.257 e. The Hall–Kier alpha value is -3.75. The van der Waals surface area contributed by atoms with E-state index in [0.29, 0.717) is 16.4 Å². The number of nitrogens with zero attached hydrogens (tertiary/aromatic N) is 3. The molecule has 0 aliphatic heterocycles. The molecule has 0 saturated carbocycles. The van der Waals surface area contributed by atoms with Crippen LogP contribution in [0.3, 0.4) is 0 Å². The highest BCUT2D eigenvalue weighted by Gasteiger charge is 2.23. The number of carbonyl (C=O) groups is 2. The number of rotatable bonds is 8. The molecule has 6 nitrogen and oxygen atoms in total. The highest BCUT2D eigenvalue weighted by Crippen LogP contribution is 2.27. The van der Waals surface area contributed by atoms with Crippen molar-refractivity contribution in [1.29, 1.82) is 0 Å². The third-order valence-corrected chi connectivity index (χ3v) is 6.13. The van der Waals surface area contributed by atoms with Crippen molar-refractivity contribution in [3.05, 3.63) is 100 Å². The summed E-state index contributed by atoms with van der Waals surface area (Å²) in [7, 11) is 0. The largest absolute Gasteiger partial charge is 0.329 e. The number of benzene rings is 3.